The predicted molar refractivity (Wildman–Crippen MR) is 121 cm³/mol. The van der Waals surface area contributed by atoms with E-state index in [2.05, 4.69) is 21.4 Å². The van der Waals surface area contributed by atoms with E-state index in [0.29, 0.717) is 46.2 Å². The number of hydrogen-bond donors (Lipinski definition) is 2. The van der Waals surface area contributed by atoms with Crippen LogP contribution in [0.25, 0.3) is 0 Å². The van der Waals surface area contributed by atoms with Crippen LogP contribution in [0.1, 0.15) is 41.5 Å². The van der Waals surface area contributed by atoms with E-state index < -0.39 is 11.8 Å². The van der Waals surface area contributed by atoms with Crippen molar-refractivity contribution in [3.63, 3.8) is 0 Å². The van der Waals surface area contributed by atoms with Crippen molar-refractivity contribution in [1.29, 1.82) is 5.26 Å². The van der Waals surface area contributed by atoms with Crippen molar-refractivity contribution in [3.8, 4) is 17.7 Å². The number of rotatable bonds is 6. The number of nitrogens with one attached hydrogen (secondary N) is 1. The summed E-state index contributed by atoms with van der Waals surface area (Å²) in [6, 6.07) is 7.24. The van der Waals surface area contributed by atoms with Gasteiger partial charge >= 0.3 is 0 Å². The fourth-order valence-electron chi connectivity index (χ4n) is 4.07. The Morgan fingerprint density at radius 3 is 2.84 bits per heavy atom. The molecule has 1 unspecified atom stereocenters. The fraction of sp³-hybridized carbons (Fsp3) is 0.250. The van der Waals surface area contributed by atoms with Gasteiger partial charge in [-0.3, -0.25) is 9.79 Å². The third-order valence-electron chi connectivity index (χ3n) is 5.61. The van der Waals surface area contributed by atoms with Crippen molar-refractivity contribution >= 4 is 17.8 Å². The third kappa shape index (κ3) is 3.69. The predicted octanol–water partition coefficient (Wildman–Crippen LogP) is 3.32. The third-order valence-corrected chi connectivity index (χ3v) is 5.61. The summed E-state index contributed by atoms with van der Waals surface area (Å²) < 4.78 is 11.7. The summed E-state index contributed by atoms with van der Waals surface area (Å²) in [5.41, 5.74) is 11.5. The first-order valence-corrected chi connectivity index (χ1v) is 10.1. The number of hydrogen-bond acceptors (Lipinski definition) is 7. The lowest BCUT2D eigenvalue weighted by Gasteiger charge is -2.32. The van der Waals surface area contributed by atoms with Crippen molar-refractivity contribution in [2.24, 2.45) is 10.7 Å². The van der Waals surface area contributed by atoms with E-state index >= 15 is 0 Å². The van der Waals surface area contributed by atoms with Gasteiger partial charge in [-0.2, -0.15) is 5.26 Å². The largest absolute Gasteiger partial charge is 0.496 e. The lowest BCUT2D eigenvalue weighted by Crippen LogP contribution is -2.28. The molecule has 2 aliphatic rings. The summed E-state index contributed by atoms with van der Waals surface area (Å²) in [7, 11) is 1.53. The van der Waals surface area contributed by atoms with Crippen LogP contribution >= 0.6 is 0 Å². The Morgan fingerprint density at radius 2 is 2.19 bits per heavy atom. The van der Waals surface area contributed by atoms with Crippen LogP contribution in [0.4, 0.5) is 5.69 Å². The molecule has 1 aromatic carbocycles. The highest BCUT2D eigenvalue weighted by molar-refractivity contribution is 5.98. The van der Waals surface area contributed by atoms with Crippen molar-refractivity contribution < 1.29 is 14.3 Å². The molecule has 0 bridgehead atoms. The zero-order chi connectivity index (χ0) is 22.8. The first-order valence-electron chi connectivity index (χ1n) is 10.1. The smallest absolute Gasteiger partial charge is 0.247 e. The minimum absolute atomic E-state index is 0.328. The van der Waals surface area contributed by atoms with E-state index in [1.807, 2.05) is 20.1 Å². The number of nitrogens with two attached hydrogens (primary N) is 1. The molecule has 0 radical (unpaired) electrons. The standard InChI is InChI=1S/C24H23N5O3/c1-13-10-28-24(32-12-16-6-7-27-11-16)21-20(19(23(26)30)14(2)29-22(13)21)17-5-4-15(9-25)8-18(17)31-3/h4-5,7-8,10-11,20,29H,6,12H2,1-3H3,(H2,26,30). The van der Waals surface area contributed by atoms with Gasteiger partial charge in [0.1, 0.15) is 12.4 Å². The summed E-state index contributed by atoms with van der Waals surface area (Å²) in [5.74, 6) is -0.263. The summed E-state index contributed by atoms with van der Waals surface area (Å²) in [4.78, 5) is 21.2. The second kappa shape index (κ2) is 8.55. The molecule has 0 aliphatic carbocycles. The maximum Gasteiger partial charge on any atom is 0.247 e. The number of nitrogens with zero attached hydrogens (tertiary/aromatic N) is 3. The van der Waals surface area contributed by atoms with Gasteiger partial charge in [0, 0.05) is 41.9 Å². The van der Waals surface area contributed by atoms with Crippen LogP contribution in [0.2, 0.25) is 0 Å². The molecule has 8 heteroatoms. The van der Waals surface area contributed by atoms with Crippen molar-refractivity contribution in [2.45, 2.75) is 26.2 Å². The molecule has 0 spiro atoms. The summed E-state index contributed by atoms with van der Waals surface area (Å²) in [6.07, 6.45) is 6.06. The zero-order valence-corrected chi connectivity index (χ0v) is 18.1. The Balaban J connectivity index is 1.91. The Kier molecular flexibility index (Phi) is 5.65. The molecular weight excluding hydrogens is 406 g/mol. The summed E-state index contributed by atoms with van der Waals surface area (Å²) in [5, 5.41) is 12.6. The van der Waals surface area contributed by atoms with E-state index in [-0.39, 0.29) is 0 Å². The van der Waals surface area contributed by atoms with Crippen LogP contribution < -0.4 is 20.5 Å². The number of nitriles is 1. The molecule has 0 saturated carbocycles. The van der Waals surface area contributed by atoms with Crippen molar-refractivity contribution in [2.75, 3.05) is 19.0 Å². The van der Waals surface area contributed by atoms with Gasteiger partial charge in [0.15, 0.2) is 0 Å². The number of methoxy groups -OCH3 is 1. The molecule has 0 saturated heterocycles. The number of allylic oxidation sites excluding steroid dienone is 1. The van der Waals surface area contributed by atoms with Crippen LogP contribution in [0.5, 0.6) is 11.6 Å². The second-order valence-corrected chi connectivity index (χ2v) is 7.68. The average Bonchev–Trinajstić information content (AvgIpc) is 3.31. The number of ether oxygens (including phenoxy) is 2. The molecular formula is C24H23N5O3. The van der Waals surface area contributed by atoms with Crippen LogP contribution in [-0.2, 0) is 4.79 Å². The molecule has 0 fully saturated rings. The van der Waals surface area contributed by atoms with E-state index in [4.69, 9.17) is 15.2 Å². The number of primary amides is 1. The Hall–Kier alpha value is -4.12. The molecule has 1 aromatic heterocycles. The molecule has 8 nitrogen and oxygen atoms in total. The van der Waals surface area contributed by atoms with E-state index in [1.54, 1.807) is 30.6 Å². The second-order valence-electron chi connectivity index (χ2n) is 7.68. The number of anilines is 1. The molecule has 162 valence electrons. The van der Waals surface area contributed by atoms with Gasteiger partial charge in [-0.05, 0) is 37.1 Å². The van der Waals surface area contributed by atoms with Gasteiger partial charge < -0.3 is 20.5 Å². The minimum Gasteiger partial charge on any atom is -0.496 e. The lowest BCUT2D eigenvalue weighted by molar-refractivity contribution is -0.114. The van der Waals surface area contributed by atoms with Gasteiger partial charge in [0.05, 0.1) is 35.9 Å². The highest BCUT2D eigenvalue weighted by atomic mass is 16.5. The fourth-order valence-corrected chi connectivity index (χ4v) is 4.07. The van der Waals surface area contributed by atoms with E-state index in [0.717, 1.165) is 23.2 Å². The van der Waals surface area contributed by atoms with Crippen LogP contribution in [0.3, 0.4) is 0 Å². The quantitative estimate of drug-likeness (QED) is 0.726. The van der Waals surface area contributed by atoms with Crippen molar-refractivity contribution in [1.82, 2.24) is 4.98 Å². The zero-order valence-electron chi connectivity index (χ0n) is 18.1. The minimum atomic E-state index is -0.581. The van der Waals surface area contributed by atoms with Gasteiger partial charge in [0.2, 0.25) is 11.8 Å². The Labute approximate surface area is 186 Å². The number of fused-ring (bicyclic) bond motifs is 1. The topological polar surface area (TPSA) is 123 Å². The first kappa shape index (κ1) is 21.1. The molecule has 1 amide bonds. The molecule has 3 heterocycles. The Bertz CT molecular complexity index is 1240. The number of aryl methyl sites for hydroxylation is 1. The number of carbonyl (C=O) groups is 1. The number of benzene rings is 1. The molecule has 2 aliphatic heterocycles. The van der Waals surface area contributed by atoms with E-state index in [1.165, 1.54) is 7.11 Å². The molecule has 32 heavy (non-hydrogen) atoms. The number of aromatic nitrogens is 1. The SMILES string of the molecule is COc1cc(C#N)ccc1C1C(C(N)=O)=C(C)Nc2c(C)cnc(OCC3=CN=CC3)c21. The van der Waals surface area contributed by atoms with Gasteiger partial charge in [-0.25, -0.2) is 4.98 Å². The maximum atomic E-state index is 12.6. The van der Waals surface area contributed by atoms with Gasteiger partial charge in [-0.1, -0.05) is 6.07 Å². The van der Waals surface area contributed by atoms with Crippen LogP contribution in [0, 0.1) is 18.3 Å². The first-order chi connectivity index (χ1) is 15.4. The summed E-state index contributed by atoms with van der Waals surface area (Å²) in [6.45, 7) is 4.08. The van der Waals surface area contributed by atoms with Gasteiger partial charge in [0.25, 0.3) is 0 Å². The monoisotopic (exact) mass is 429 g/mol. The molecule has 1 atom stereocenters. The van der Waals surface area contributed by atoms with E-state index in [9.17, 15) is 10.1 Å². The number of pyridine rings is 1. The van der Waals surface area contributed by atoms with Crippen molar-refractivity contribution in [3.05, 3.63) is 69.7 Å². The molecule has 2 aromatic rings. The number of aliphatic imine (C=N–C) groups is 1. The van der Waals surface area contributed by atoms with Gasteiger partial charge in [-0.15, -0.1) is 0 Å². The highest BCUT2D eigenvalue weighted by Crippen LogP contribution is 2.48. The number of amides is 1. The highest BCUT2D eigenvalue weighted by Gasteiger charge is 2.37. The Morgan fingerprint density at radius 1 is 1.38 bits per heavy atom. The number of carbonyl (C=O) groups excluding carboxylic acids is 1. The lowest BCUT2D eigenvalue weighted by atomic mass is 9.79. The maximum absolute atomic E-state index is 12.6. The summed E-state index contributed by atoms with van der Waals surface area (Å²) >= 11 is 0. The van der Waals surface area contributed by atoms with Crippen LogP contribution in [0.15, 0.2) is 52.4 Å². The van der Waals surface area contributed by atoms with Crippen LogP contribution in [-0.4, -0.2) is 30.8 Å². The normalized spacial score (nSPS) is 16.7. The average molecular weight is 429 g/mol. The molecule has 3 N–H and O–H groups in total. The molecule has 4 rings (SSSR count).